The van der Waals surface area contributed by atoms with Gasteiger partial charge in [0.2, 0.25) is 5.95 Å². The first-order valence-electron chi connectivity index (χ1n) is 7.70. The summed E-state index contributed by atoms with van der Waals surface area (Å²) < 4.78 is 5.05. The summed E-state index contributed by atoms with van der Waals surface area (Å²) >= 11 is 0. The summed E-state index contributed by atoms with van der Waals surface area (Å²) in [5, 5.41) is 5.83. The Morgan fingerprint density at radius 3 is 2.30 bits per heavy atom. The number of unbranched alkanes of at least 4 members (excludes halogenated alkanes) is 1. The van der Waals surface area contributed by atoms with Crippen LogP contribution in [0.2, 0.25) is 0 Å². The highest BCUT2D eigenvalue weighted by atomic mass is 16.5. The minimum absolute atomic E-state index is 0.434. The fraction of sp³-hybridized carbons (Fsp3) is 0.353. The summed E-state index contributed by atoms with van der Waals surface area (Å²) in [4.78, 5) is 20.2. The Morgan fingerprint density at radius 2 is 1.70 bits per heavy atom. The maximum absolute atomic E-state index is 11.6. The molecule has 1 aromatic heterocycles. The number of aromatic nitrogens is 2. The lowest BCUT2D eigenvalue weighted by atomic mass is 10.3. The first-order valence-corrected chi connectivity index (χ1v) is 7.70. The maximum Gasteiger partial charge on any atom is 0.411 e. The lowest BCUT2D eigenvalue weighted by molar-refractivity contribution is 0.160. The first-order chi connectivity index (χ1) is 11.1. The molecule has 0 aliphatic heterocycles. The number of ether oxygens (including phenoxy) is 1. The van der Waals surface area contributed by atoms with Crippen LogP contribution in [0.25, 0.3) is 0 Å². The molecule has 0 fully saturated rings. The molecule has 0 bridgehead atoms. The SMILES string of the molecule is CCCCOC(=O)Nc1ccc(Nc2nc(C)cc(C)n2)cc1. The fourth-order valence-electron chi connectivity index (χ4n) is 2.01. The van der Waals surface area contributed by atoms with Crippen molar-refractivity contribution in [1.82, 2.24) is 9.97 Å². The molecule has 0 unspecified atom stereocenters. The van der Waals surface area contributed by atoms with Crippen LogP contribution in [0.1, 0.15) is 31.2 Å². The number of carbonyl (C=O) groups is 1. The predicted octanol–water partition coefficient (Wildman–Crippen LogP) is 4.19. The Hall–Kier alpha value is -2.63. The van der Waals surface area contributed by atoms with Crippen molar-refractivity contribution in [3.63, 3.8) is 0 Å². The van der Waals surface area contributed by atoms with Gasteiger partial charge in [0.15, 0.2) is 0 Å². The zero-order valence-corrected chi connectivity index (χ0v) is 13.7. The number of nitrogens with zero attached hydrogens (tertiary/aromatic N) is 2. The third kappa shape index (κ3) is 5.58. The van der Waals surface area contributed by atoms with Crippen molar-refractivity contribution in [2.45, 2.75) is 33.6 Å². The molecule has 0 radical (unpaired) electrons. The first kappa shape index (κ1) is 16.7. The van der Waals surface area contributed by atoms with Crippen LogP contribution in [0.4, 0.5) is 22.1 Å². The van der Waals surface area contributed by atoms with Gasteiger partial charge >= 0.3 is 6.09 Å². The molecule has 0 atom stereocenters. The summed E-state index contributed by atoms with van der Waals surface area (Å²) in [6.45, 7) is 6.34. The van der Waals surface area contributed by atoms with E-state index in [2.05, 4.69) is 20.6 Å². The van der Waals surface area contributed by atoms with Gasteiger partial charge in [0, 0.05) is 22.8 Å². The topological polar surface area (TPSA) is 76.1 Å². The van der Waals surface area contributed by atoms with E-state index in [-0.39, 0.29) is 0 Å². The molecule has 6 heteroatoms. The molecule has 0 aliphatic carbocycles. The van der Waals surface area contributed by atoms with Crippen molar-refractivity contribution >= 4 is 23.4 Å². The van der Waals surface area contributed by atoms with Gasteiger partial charge < -0.3 is 10.1 Å². The van der Waals surface area contributed by atoms with Crippen molar-refractivity contribution in [2.75, 3.05) is 17.2 Å². The highest BCUT2D eigenvalue weighted by molar-refractivity contribution is 5.84. The van der Waals surface area contributed by atoms with Crippen molar-refractivity contribution in [2.24, 2.45) is 0 Å². The molecule has 0 saturated carbocycles. The number of hydrogen-bond acceptors (Lipinski definition) is 5. The largest absolute Gasteiger partial charge is 0.449 e. The van der Waals surface area contributed by atoms with E-state index >= 15 is 0 Å². The zero-order valence-electron chi connectivity index (χ0n) is 13.7. The monoisotopic (exact) mass is 314 g/mol. The Morgan fingerprint density at radius 1 is 1.09 bits per heavy atom. The van der Waals surface area contributed by atoms with E-state index in [1.807, 2.05) is 39.0 Å². The standard InChI is InChI=1S/C17H22N4O2/c1-4-5-10-23-17(22)21-15-8-6-14(7-9-15)20-16-18-12(2)11-13(3)19-16/h6-9,11H,4-5,10H2,1-3H3,(H,21,22)(H,18,19,20). The van der Waals surface area contributed by atoms with Gasteiger partial charge in [-0.1, -0.05) is 13.3 Å². The van der Waals surface area contributed by atoms with E-state index in [0.717, 1.165) is 29.9 Å². The van der Waals surface area contributed by atoms with Crippen LogP contribution in [-0.4, -0.2) is 22.7 Å². The molecular formula is C17H22N4O2. The molecule has 2 rings (SSSR count). The van der Waals surface area contributed by atoms with Crippen LogP contribution in [0.5, 0.6) is 0 Å². The summed E-state index contributed by atoms with van der Waals surface area (Å²) in [6, 6.07) is 9.21. The highest BCUT2D eigenvalue weighted by Gasteiger charge is 2.04. The van der Waals surface area contributed by atoms with Gasteiger partial charge in [-0.25, -0.2) is 14.8 Å². The second-order valence-electron chi connectivity index (χ2n) is 5.29. The van der Waals surface area contributed by atoms with Crippen molar-refractivity contribution in [3.8, 4) is 0 Å². The van der Waals surface area contributed by atoms with E-state index in [1.165, 1.54) is 0 Å². The van der Waals surface area contributed by atoms with Crippen LogP contribution in [0, 0.1) is 13.8 Å². The second-order valence-corrected chi connectivity index (χ2v) is 5.29. The minimum Gasteiger partial charge on any atom is -0.449 e. The number of amides is 1. The van der Waals surface area contributed by atoms with E-state index in [1.54, 1.807) is 12.1 Å². The van der Waals surface area contributed by atoms with Crippen LogP contribution in [0.15, 0.2) is 30.3 Å². The molecule has 2 aromatic rings. The van der Waals surface area contributed by atoms with E-state index in [9.17, 15) is 4.79 Å². The van der Waals surface area contributed by atoms with Crippen LogP contribution in [-0.2, 0) is 4.74 Å². The Balaban J connectivity index is 1.92. The average Bonchev–Trinajstić information content (AvgIpc) is 2.48. The van der Waals surface area contributed by atoms with Crippen LogP contribution >= 0.6 is 0 Å². The summed E-state index contributed by atoms with van der Waals surface area (Å²) in [5.41, 5.74) is 3.35. The summed E-state index contributed by atoms with van der Waals surface area (Å²) in [5.74, 6) is 0.558. The van der Waals surface area contributed by atoms with Crippen molar-refractivity contribution in [1.29, 1.82) is 0 Å². The third-order valence-electron chi connectivity index (χ3n) is 3.10. The number of anilines is 3. The second kappa shape index (κ2) is 8.12. The average molecular weight is 314 g/mol. The van der Waals surface area contributed by atoms with E-state index < -0.39 is 6.09 Å². The molecule has 1 amide bonds. The van der Waals surface area contributed by atoms with Gasteiger partial charge in [-0.05, 0) is 50.6 Å². The van der Waals surface area contributed by atoms with Gasteiger partial charge in [0.25, 0.3) is 0 Å². The van der Waals surface area contributed by atoms with Gasteiger partial charge in [0.1, 0.15) is 0 Å². The zero-order chi connectivity index (χ0) is 16.7. The molecule has 122 valence electrons. The molecule has 0 saturated heterocycles. The van der Waals surface area contributed by atoms with Crippen LogP contribution in [0.3, 0.4) is 0 Å². The molecule has 6 nitrogen and oxygen atoms in total. The molecule has 2 N–H and O–H groups in total. The number of aryl methyl sites for hydroxylation is 2. The fourth-order valence-corrected chi connectivity index (χ4v) is 2.01. The smallest absolute Gasteiger partial charge is 0.411 e. The van der Waals surface area contributed by atoms with E-state index in [0.29, 0.717) is 18.2 Å². The Labute approximate surface area is 136 Å². The van der Waals surface area contributed by atoms with Crippen molar-refractivity contribution in [3.05, 3.63) is 41.7 Å². The number of hydrogen-bond donors (Lipinski definition) is 2. The van der Waals surface area contributed by atoms with Gasteiger partial charge in [-0.2, -0.15) is 0 Å². The summed E-state index contributed by atoms with van der Waals surface area (Å²) in [6.07, 6.45) is 1.43. The highest BCUT2D eigenvalue weighted by Crippen LogP contribution is 2.17. The summed E-state index contributed by atoms with van der Waals surface area (Å²) in [7, 11) is 0. The van der Waals surface area contributed by atoms with Crippen LogP contribution < -0.4 is 10.6 Å². The minimum atomic E-state index is -0.434. The number of nitrogens with one attached hydrogen (secondary N) is 2. The molecule has 23 heavy (non-hydrogen) atoms. The van der Waals surface area contributed by atoms with E-state index in [4.69, 9.17) is 4.74 Å². The third-order valence-corrected chi connectivity index (χ3v) is 3.10. The lowest BCUT2D eigenvalue weighted by Crippen LogP contribution is -2.14. The molecule has 0 spiro atoms. The van der Waals surface area contributed by atoms with Crippen molar-refractivity contribution < 1.29 is 9.53 Å². The number of rotatable bonds is 6. The Bertz CT molecular complexity index is 636. The van der Waals surface area contributed by atoms with Gasteiger partial charge in [-0.3, -0.25) is 5.32 Å². The predicted molar refractivity (Wildman–Crippen MR) is 91.1 cm³/mol. The van der Waals surface area contributed by atoms with Gasteiger partial charge in [-0.15, -0.1) is 0 Å². The number of benzene rings is 1. The van der Waals surface area contributed by atoms with Gasteiger partial charge in [0.05, 0.1) is 6.61 Å². The maximum atomic E-state index is 11.6. The molecule has 1 aromatic carbocycles. The lowest BCUT2D eigenvalue weighted by Gasteiger charge is -2.09. The molecular weight excluding hydrogens is 292 g/mol. The molecule has 1 heterocycles. The molecule has 0 aliphatic rings. The Kier molecular flexibility index (Phi) is 5.91. The normalized spacial score (nSPS) is 10.2. The quantitative estimate of drug-likeness (QED) is 0.782. The number of carbonyl (C=O) groups excluding carboxylic acids is 1.